The maximum atomic E-state index is 2.32. The number of benzene rings is 4. The third-order valence-electron chi connectivity index (χ3n) is 5.40. The Morgan fingerprint density at radius 3 is 1.79 bits per heavy atom. The van der Waals surface area contributed by atoms with Gasteiger partial charge in [0.05, 0.1) is 0 Å². The van der Waals surface area contributed by atoms with E-state index in [1.54, 1.807) is 0 Å². The van der Waals surface area contributed by atoms with Crippen molar-refractivity contribution in [1.29, 1.82) is 0 Å². The second-order valence-electron chi connectivity index (χ2n) is 7.17. The van der Waals surface area contributed by atoms with Crippen LogP contribution in [0.1, 0.15) is 0 Å². The first-order valence-electron chi connectivity index (χ1n) is 9.87. The van der Waals surface area contributed by atoms with Crippen LogP contribution in [-0.2, 0) is 7.05 Å². The number of aryl methyl sites for hydroxylation is 1. The summed E-state index contributed by atoms with van der Waals surface area (Å²) >= 11 is 0. The van der Waals surface area contributed by atoms with Gasteiger partial charge >= 0.3 is 0 Å². The average Bonchev–Trinajstić information content (AvgIpc) is 3.12. The third-order valence-corrected chi connectivity index (χ3v) is 7.90. The van der Waals surface area contributed by atoms with Gasteiger partial charge in [0.25, 0.3) is 0 Å². The Morgan fingerprint density at radius 1 is 0.586 bits per heavy atom. The fourth-order valence-corrected chi connectivity index (χ4v) is 6.47. The number of nitrogens with zero attached hydrogens (tertiary/aromatic N) is 1. The largest absolute Gasteiger partial charge is 0.344 e. The minimum absolute atomic E-state index is 0.645. The third kappa shape index (κ3) is 3.28. The summed E-state index contributed by atoms with van der Waals surface area (Å²) in [5.41, 5.74) is 3.84. The molecule has 140 valence electrons. The SMILES string of the molecule is Cn1c(-c2ccccc2P(c2ccccc2)c2ccccc2)cc2ccccc21. The van der Waals surface area contributed by atoms with Crippen molar-refractivity contribution < 1.29 is 0 Å². The van der Waals surface area contributed by atoms with E-state index in [1.165, 1.54) is 38.1 Å². The number of aromatic nitrogens is 1. The van der Waals surface area contributed by atoms with Gasteiger partial charge in [0.15, 0.2) is 0 Å². The molecular formula is C27H22NP. The van der Waals surface area contributed by atoms with E-state index in [-0.39, 0.29) is 0 Å². The monoisotopic (exact) mass is 391 g/mol. The highest BCUT2D eigenvalue weighted by Gasteiger charge is 2.21. The molecule has 1 aromatic heterocycles. The van der Waals surface area contributed by atoms with Crippen LogP contribution >= 0.6 is 7.92 Å². The van der Waals surface area contributed by atoms with E-state index in [4.69, 9.17) is 0 Å². The molecule has 2 heteroatoms. The van der Waals surface area contributed by atoms with Gasteiger partial charge < -0.3 is 4.57 Å². The quantitative estimate of drug-likeness (QED) is 0.351. The molecule has 0 fully saturated rings. The van der Waals surface area contributed by atoms with Gasteiger partial charge in [-0.3, -0.25) is 0 Å². The standard InChI is InChI=1S/C27H22NP/c1-28-25-18-10-8-12-21(25)20-26(28)24-17-9-11-19-27(24)29(22-13-4-2-5-14-22)23-15-6-3-7-16-23/h2-20H,1H3. The molecule has 1 nitrogen and oxygen atoms in total. The summed E-state index contributed by atoms with van der Waals surface area (Å²) in [4.78, 5) is 0. The van der Waals surface area contributed by atoms with Crippen LogP contribution in [0.3, 0.4) is 0 Å². The molecule has 0 N–H and O–H groups in total. The normalized spacial score (nSPS) is 11.2. The highest BCUT2D eigenvalue weighted by molar-refractivity contribution is 7.80. The smallest absolute Gasteiger partial charge is 0.0495 e. The molecule has 0 radical (unpaired) electrons. The molecule has 0 spiro atoms. The molecule has 29 heavy (non-hydrogen) atoms. The summed E-state index contributed by atoms with van der Waals surface area (Å²) < 4.78 is 2.32. The Labute approximate surface area is 173 Å². The van der Waals surface area contributed by atoms with Crippen LogP contribution in [0.25, 0.3) is 22.2 Å². The maximum absolute atomic E-state index is 2.32. The first-order chi connectivity index (χ1) is 14.3. The molecular weight excluding hydrogens is 369 g/mol. The summed E-state index contributed by atoms with van der Waals surface area (Å²) in [5, 5.41) is 5.43. The first-order valence-corrected chi connectivity index (χ1v) is 11.2. The van der Waals surface area contributed by atoms with Crippen molar-refractivity contribution in [2.45, 2.75) is 0 Å². The van der Waals surface area contributed by atoms with E-state index < -0.39 is 7.92 Å². The van der Waals surface area contributed by atoms with Crippen LogP contribution in [-0.4, -0.2) is 4.57 Å². The van der Waals surface area contributed by atoms with Crippen molar-refractivity contribution in [2.75, 3.05) is 0 Å². The number of hydrogen-bond acceptors (Lipinski definition) is 0. The molecule has 0 bridgehead atoms. The molecule has 5 aromatic rings. The van der Waals surface area contributed by atoms with E-state index in [2.05, 4.69) is 127 Å². The minimum atomic E-state index is -0.645. The van der Waals surface area contributed by atoms with Crippen molar-refractivity contribution in [3.8, 4) is 11.3 Å². The summed E-state index contributed by atoms with van der Waals surface area (Å²) in [6.45, 7) is 0. The maximum Gasteiger partial charge on any atom is 0.0495 e. The molecule has 0 saturated carbocycles. The Hall–Kier alpha value is -3.15. The summed E-state index contributed by atoms with van der Waals surface area (Å²) in [7, 11) is 1.52. The van der Waals surface area contributed by atoms with E-state index in [0.29, 0.717) is 0 Å². The fraction of sp³-hybridized carbons (Fsp3) is 0.0370. The average molecular weight is 391 g/mol. The lowest BCUT2D eigenvalue weighted by Gasteiger charge is -2.22. The zero-order valence-electron chi connectivity index (χ0n) is 16.4. The molecule has 0 aliphatic rings. The topological polar surface area (TPSA) is 4.93 Å². The fourth-order valence-electron chi connectivity index (χ4n) is 4.01. The highest BCUT2D eigenvalue weighted by Crippen LogP contribution is 2.38. The molecule has 1 heterocycles. The predicted molar refractivity (Wildman–Crippen MR) is 127 cm³/mol. The summed E-state index contributed by atoms with van der Waals surface area (Å²) in [6.07, 6.45) is 0. The molecule has 0 aliphatic carbocycles. The van der Waals surface area contributed by atoms with E-state index in [0.717, 1.165) is 0 Å². The molecule has 0 atom stereocenters. The molecule has 0 saturated heterocycles. The zero-order valence-corrected chi connectivity index (χ0v) is 17.3. The second kappa shape index (κ2) is 7.70. The second-order valence-corrected chi connectivity index (χ2v) is 9.36. The number of para-hydroxylation sites is 1. The van der Waals surface area contributed by atoms with Crippen molar-refractivity contribution in [3.63, 3.8) is 0 Å². The van der Waals surface area contributed by atoms with Crippen LogP contribution in [0, 0.1) is 0 Å². The van der Waals surface area contributed by atoms with Crippen LogP contribution in [0.15, 0.2) is 115 Å². The molecule has 0 amide bonds. The van der Waals surface area contributed by atoms with Gasteiger partial charge in [0.2, 0.25) is 0 Å². The number of fused-ring (bicyclic) bond motifs is 1. The van der Waals surface area contributed by atoms with E-state index >= 15 is 0 Å². The van der Waals surface area contributed by atoms with E-state index in [9.17, 15) is 0 Å². The lowest BCUT2D eigenvalue weighted by Crippen LogP contribution is -2.22. The van der Waals surface area contributed by atoms with Gasteiger partial charge in [-0.25, -0.2) is 0 Å². The van der Waals surface area contributed by atoms with Gasteiger partial charge in [-0.1, -0.05) is 103 Å². The van der Waals surface area contributed by atoms with Gasteiger partial charge in [0, 0.05) is 29.2 Å². The number of rotatable bonds is 4. The van der Waals surface area contributed by atoms with Crippen molar-refractivity contribution >= 4 is 34.7 Å². The van der Waals surface area contributed by atoms with Crippen LogP contribution in [0.2, 0.25) is 0 Å². The lowest BCUT2D eigenvalue weighted by atomic mass is 10.1. The molecule has 5 rings (SSSR count). The molecule has 4 aromatic carbocycles. The summed E-state index contributed by atoms with van der Waals surface area (Å²) in [5.74, 6) is 0. The Kier molecular flexibility index (Phi) is 4.76. The molecule has 0 aliphatic heterocycles. The van der Waals surface area contributed by atoms with Gasteiger partial charge in [-0.05, 0) is 36.0 Å². The number of hydrogen-bond donors (Lipinski definition) is 0. The van der Waals surface area contributed by atoms with Gasteiger partial charge in [0.1, 0.15) is 0 Å². The van der Waals surface area contributed by atoms with Crippen LogP contribution in [0.5, 0.6) is 0 Å². The van der Waals surface area contributed by atoms with Crippen molar-refractivity contribution in [2.24, 2.45) is 7.05 Å². The van der Waals surface area contributed by atoms with Crippen LogP contribution in [0.4, 0.5) is 0 Å². The zero-order chi connectivity index (χ0) is 19.6. The van der Waals surface area contributed by atoms with E-state index in [1.807, 2.05) is 0 Å². The van der Waals surface area contributed by atoms with Crippen molar-refractivity contribution in [3.05, 3.63) is 115 Å². The Balaban J connectivity index is 1.76. The highest BCUT2D eigenvalue weighted by atomic mass is 31.1. The minimum Gasteiger partial charge on any atom is -0.344 e. The Bertz CT molecular complexity index is 1220. The van der Waals surface area contributed by atoms with Gasteiger partial charge in [-0.15, -0.1) is 0 Å². The van der Waals surface area contributed by atoms with Gasteiger partial charge in [-0.2, -0.15) is 0 Å². The Morgan fingerprint density at radius 2 is 1.14 bits per heavy atom. The first kappa shape index (κ1) is 17.9. The van der Waals surface area contributed by atoms with Crippen molar-refractivity contribution in [1.82, 2.24) is 4.57 Å². The lowest BCUT2D eigenvalue weighted by molar-refractivity contribution is 0.979. The molecule has 0 unspecified atom stereocenters. The predicted octanol–water partition coefficient (Wildman–Crippen LogP) is 5.60. The van der Waals surface area contributed by atoms with Crippen LogP contribution < -0.4 is 15.9 Å². The summed E-state index contributed by atoms with van der Waals surface area (Å²) in [6, 6.07) is 41.6.